The van der Waals surface area contributed by atoms with Gasteiger partial charge in [-0.15, -0.1) is 0 Å². The van der Waals surface area contributed by atoms with Gasteiger partial charge in [-0.05, 0) is 12.3 Å². The number of nitrogens with zero attached hydrogens (tertiary/aromatic N) is 1. The SMILES string of the molecule is C[N+](C)(C)CC(CCCCCCCCCCCCCCC1CCCC1)OP(=O)(O)O. The predicted octanol–water partition coefficient (Wildman–Crippen LogP) is 6.82. The molecule has 0 saturated heterocycles. The lowest BCUT2D eigenvalue weighted by atomic mass is 9.99. The lowest BCUT2D eigenvalue weighted by Crippen LogP contribution is -2.42. The van der Waals surface area contributed by atoms with E-state index >= 15 is 0 Å². The van der Waals surface area contributed by atoms with Crippen molar-refractivity contribution in [1.29, 1.82) is 0 Å². The fraction of sp³-hybridized carbons (Fsp3) is 1.00. The number of hydrogen-bond acceptors (Lipinski definition) is 2. The Morgan fingerprint density at radius 1 is 0.800 bits per heavy atom. The van der Waals surface area contributed by atoms with Crippen molar-refractivity contribution in [1.82, 2.24) is 0 Å². The Kier molecular flexibility index (Phi) is 14.8. The van der Waals surface area contributed by atoms with Crippen LogP contribution in [0.5, 0.6) is 0 Å². The topological polar surface area (TPSA) is 66.8 Å². The van der Waals surface area contributed by atoms with Crippen LogP contribution >= 0.6 is 7.82 Å². The molecule has 0 aromatic heterocycles. The minimum atomic E-state index is -4.41. The predicted molar refractivity (Wildman–Crippen MR) is 126 cm³/mol. The molecule has 0 spiro atoms. The Hall–Kier alpha value is 0.0700. The third-order valence-electron chi connectivity index (χ3n) is 6.40. The van der Waals surface area contributed by atoms with Gasteiger partial charge in [0.05, 0.1) is 21.1 Å². The summed E-state index contributed by atoms with van der Waals surface area (Å²) in [6, 6.07) is 0. The summed E-state index contributed by atoms with van der Waals surface area (Å²) in [5, 5.41) is 0. The van der Waals surface area contributed by atoms with Gasteiger partial charge < -0.3 is 14.3 Å². The summed E-state index contributed by atoms with van der Waals surface area (Å²) < 4.78 is 16.8. The molecular weight excluding hydrogens is 397 g/mol. The number of likely N-dealkylation sites (N-methyl/N-ethyl adjacent to an activating group) is 1. The number of phosphoric acid groups is 1. The van der Waals surface area contributed by atoms with E-state index in [0.717, 1.165) is 25.2 Å². The van der Waals surface area contributed by atoms with Crippen molar-refractivity contribution in [2.24, 2.45) is 5.92 Å². The van der Waals surface area contributed by atoms with Crippen LogP contribution in [0, 0.1) is 5.92 Å². The van der Waals surface area contributed by atoms with E-state index in [1.807, 2.05) is 21.1 Å². The molecule has 30 heavy (non-hydrogen) atoms. The molecule has 1 aliphatic carbocycles. The molecule has 0 radical (unpaired) electrons. The van der Waals surface area contributed by atoms with E-state index in [-0.39, 0.29) is 6.10 Å². The minimum Gasteiger partial charge on any atom is -0.329 e. The van der Waals surface area contributed by atoms with Gasteiger partial charge in [0.2, 0.25) is 0 Å². The molecule has 0 aromatic carbocycles. The van der Waals surface area contributed by atoms with E-state index < -0.39 is 7.82 Å². The smallest absolute Gasteiger partial charge is 0.329 e. The quantitative estimate of drug-likeness (QED) is 0.129. The molecule has 0 amide bonds. The van der Waals surface area contributed by atoms with E-state index in [4.69, 9.17) is 14.3 Å². The van der Waals surface area contributed by atoms with Crippen LogP contribution < -0.4 is 0 Å². The first kappa shape index (κ1) is 28.1. The molecule has 1 aliphatic rings. The van der Waals surface area contributed by atoms with Crippen LogP contribution in [0.1, 0.15) is 116 Å². The van der Waals surface area contributed by atoms with Gasteiger partial charge in [0.15, 0.2) is 0 Å². The Morgan fingerprint density at radius 2 is 1.23 bits per heavy atom. The normalized spacial score (nSPS) is 17.0. The van der Waals surface area contributed by atoms with E-state index in [1.165, 1.54) is 96.3 Å². The number of phosphoric ester groups is 1. The van der Waals surface area contributed by atoms with Gasteiger partial charge in [0, 0.05) is 0 Å². The van der Waals surface area contributed by atoms with Gasteiger partial charge >= 0.3 is 7.82 Å². The fourth-order valence-corrected chi connectivity index (χ4v) is 5.41. The van der Waals surface area contributed by atoms with Crippen LogP contribution in [0.15, 0.2) is 0 Å². The van der Waals surface area contributed by atoms with Gasteiger partial charge in [0.1, 0.15) is 12.6 Å². The molecule has 0 bridgehead atoms. The number of hydrogen-bond donors (Lipinski definition) is 2. The third-order valence-corrected chi connectivity index (χ3v) is 6.97. The van der Waals surface area contributed by atoms with Crippen molar-refractivity contribution in [3.63, 3.8) is 0 Å². The van der Waals surface area contributed by atoms with Crippen molar-refractivity contribution in [2.45, 2.75) is 122 Å². The van der Waals surface area contributed by atoms with Gasteiger partial charge in [-0.3, -0.25) is 4.52 Å². The second kappa shape index (κ2) is 15.8. The van der Waals surface area contributed by atoms with Crippen LogP contribution in [0.3, 0.4) is 0 Å². The largest absolute Gasteiger partial charge is 0.470 e. The summed E-state index contributed by atoms with van der Waals surface area (Å²) in [5.74, 6) is 1.06. The standard InChI is InChI=1S/C24H50NO4P/c1-25(2,3)22-24(29-30(26,27)28)21-15-13-11-9-7-5-4-6-8-10-12-14-18-23-19-16-17-20-23/h23-24H,4-22H2,1-3H3,(H-,26,27,28)/p+1. The first-order valence-corrected chi connectivity index (χ1v) is 14.2. The highest BCUT2D eigenvalue weighted by molar-refractivity contribution is 7.46. The number of quaternary nitrogens is 1. The lowest BCUT2D eigenvalue weighted by molar-refractivity contribution is -0.873. The van der Waals surface area contributed by atoms with Gasteiger partial charge in [-0.2, -0.15) is 0 Å². The van der Waals surface area contributed by atoms with Crippen molar-refractivity contribution in [3.8, 4) is 0 Å². The maximum absolute atomic E-state index is 11.2. The molecule has 0 aliphatic heterocycles. The van der Waals surface area contributed by atoms with E-state index in [2.05, 4.69) is 0 Å². The number of unbranched alkanes of at least 4 members (excludes halogenated alkanes) is 11. The number of rotatable bonds is 19. The fourth-order valence-electron chi connectivity index (χ4n) is 4.85. The summed E-state index contributed by atoms with van der Waals surface area (Å²) in [4.78, 5) is 18.2. The summed E-state index contributed by atoms with van der Waals surface area (Å²) >= 11 is 0. The summed E-state index contributed by atoms with van der Waals surface area (Å²) in [6.07, 6.45) is 23.6. The molecular formula is C24H51NO4P+. The molecule has 5 nitrogen and oxygen atoms in total. The average molecular weight is 449 g/mol. The van der Waals surface area contributed by atoms with Crippen LogP contribution in [0.4, 0.5) is 0 Å². The second-order valence-corrected chi connectivity index (χ2v) is 11.9. The van der Waals surface area contributed by atoms with E-state index in [1.54, 1.807) is 0 Å². The molecule has 1 fully saturated rings. The lowest BCUT2D eigenvalue weighted by Gasteiger charge is -2.29. The highest BCUT2D eigenvalue weighted by atomic mass is 31.2. The summed E-state index contributed by atoms with van der Waals surface area (Å²) in [7, 11) is 1.65. The molecule has 0 aromatic rings. The zero-order chi connectivity index (χ0) is 22.3. The van der Waals surface area contributed by atoms with E-state index in [9.17, 15) is 4.57 Å². The summed E-state index contributed by atoms with van der Waals surface area (Å²) in [6.45, 7) is 0.617. The molecule has 6 heteroatoms. The molecule has 2 N–H and O–H groups in total. The second-order valence-electron chi connectivity index (χ2n) is 10.7. The van der Waals surface area contributed by atoms with Crippen LogP contribution in [-0.2, 0) is 9.09 Å². The minimum absolute atomic E-state index is 0.371. The zero-order valence-electron chi connectivity index (χ0n) is 20.2. The molecule has 180 valence electrons. The Balaban J connectivity index is 1.89. The Bertz CT molecular complexity index is 455. The van der Waals surface area contributed by atoms with Crippen LogP contribution in [0.25, 0.3) is 0 Å². The van der Waals surface area contributed by atoms with Gasteiger partial charge in [0.25, 0.3) is 0 Å². The van der Waals surface area contributed by atoms with Crippen molar-refractivity contribution in [3.05, 3.63) is 0 Å². The molecule has 1 rings (SSSR count). The van der Waals surface area contributed by atoms with Crippen molar-refractivity contribution in [2.75, 3.05) is 27.7 Å². The van der Waals surface area contributed by atoms with Gasteiger partial charge in [-0.25, -0.2) is 4.57 Å². The zero-order valence-corrected chi connectivity index (χ0v) is 21.1. The molecule has 0 heterocycles. The highest BCUT2D eigenvalue weighted by Gasteiger charge is 2.26. The van der Waals surface area contributed by atoms with Crippen molar-refractivity contribution >= 4 is 7.82 Å². The molecule has 1 saturated carbocycles. The Labute approximate surface area is 186 Å². The third kappa shape index (κ3) is 17.7. The molecule has 1 unspecified atom stereocenters. The molecule has 1 atom stereocenters. The first-order chi connectivity index (χ1) is 14.2. The monoisotopic (exact) mass is 448 g/mol. The van der Waals surface area contributed by atoms with Crippen LogP contribution in [-0.4, -0.2) is 48.1 Å². The van der Waals surface area contributed by atoms with Crippen molar-refractivity contribution < 1.29 is 23.4 Å². The Morgan fingerprint density at radius 3 is 1.67 bits per heavy atom. The van der Waals surface area contributed by atoms with Crippen LogP contribution in [0.2, 0.25) is 0 Å². The maximum Gasteiger partial charge on any atom is 0.470 e. The van der Waals surface area contributed by atoms with Gasteiger partial charge in [-0.1, -0.05) is 109 Å². The van der Waals surface area contributed by atoms with E-state index in [0.29, 0.717) is 11.0 Å². The average Bonchev–Trinajstić information content (AvgIpc) is 3.12. The summed E-state index contributed by atoms with van der Waals surface area (Å²) in [5.41, 5.74) is 0. The first-order valence-electron chi connectivity index (χ1n) is 12.7. The highest BCUT2D eigenvalue weighted by Crippen LogP contribution is 2.39. The maximum atomic E-state index is 11.2.